The highest BCUT2D eigenvalue weighted by Gasteiger charge is 2.08. The highest BCUT2D eigenvalue weighted by atomic mass is 16.7. The van der Waals surface area contributed by atoms with Crippen LogP contribution in [0.25, 0.3) is 11.2 Å². The molecule has 0 atom stereocenters. The second-order valence-electron chi connectivity index (χ2n) is 3.20. The molecule has 0 aliphatic carbocycles. The summed E-state index contributed by atoms with van der Waals surface area (Å²) in [6.45, 7) is 0.517. The first-order valence-corrected chi connectivity index (χ1v) is 4.90. The Morgan fingerprint density at radius 1 is 1.32 bits per heavy atom. The van der Waals surface area contributed by atoms with Crippen LogP contribution in [-0.4, -0.2) is 31.2 Å². The molecule has 2 heterocycles. The van der Waals surface area contributed by atoms with E-state index in [0.717, 1.165) is 0 Å². The molecule has 2 aromatic rings. The molecule has 0 bridgehead atoms. The van der Waals surface area contributed by atoms with Crippen LogP contribution >= 0.6 is 0 Å². The summed E-state index contributed by atoms with van der Waals surface area (Å²) >= 11 is 0. The molecule has 0 aliphatic rings. The van der Waals surface area contributed by atoms with Gasteiger partial charge >= 0.3 is 0 Å². The lowest BCUT2D eigenvalue weighted by Gasteiger charge is -2.06. The SMILES string of the molecule is N.N#CN(C#N)OCCn1cnc2c(N)ncnc21. The fraction of sp³-hybridized carbons (Fsp3) is 0.222. The molecule has 2 rings (SSSR count). The van der Waals surface area contributed by atoms with Crippen molar-refractivity contribution in [3.63, 3.8) is 0 Å². The number of nitrogens with two attached hydrogens (primary N) is 1. The van der Waals surface area contributed by atoms with Crippen molar-refractivity contribution in [3.8, 4) is 12.4 Å². The molecule has 0 aromatic carbocycles. The Kier molecular flexibility index (Phi) is 4.54. The maximum Gasteiger partial charge on any atom is 0.221 e. The Bertz CT molecular complexity index is 623. The van der Waals surface area contributed by atoms with E-state index in [-0.39, 0.29) is 12.8 Å². The maximum absolute atomic E-state index is 8.46. The van der Waals surface area contributed by atoms with Gasteiger partial charge in [-0.2, -0.15) is 10.5 Å². The minimum Gasteiger partial charge on any atom is -0.382 e. The summed E-state index contributed by atoms with van der Waals surface area (Å²) in [5.41, 5.74) is 6.72. The molecule has 0 saturated heterocycles. The van der Waals surface area contributed by atoms with Crippen LogP contribution in [-0.2, 0) is 11.4 Å². The number of imidazole rings is 1. The molecule has 10 heteroatoms. The first-order chi connectivity index (χ1) is 8.76. The zero-order valence-corrected chi connectivity index (χ0v) is 9.89. The van der Waals surface area contributed by atoms with Crippen LogP contribution in [0.15, 0.2) is 12.7 Å². The van der Waals surface area contributed by atoms with Crippen LogP contribution in [0, 0.1) is 22.9 Å². The number of hydrogen-bond donors (Lipinski definition) is 2. The van der Waals surface area contributed by atoms with Crippen LogP contribution < -0.4 is 11.9 Å². The topological polar surface area (TPSA) is 165 Å². The molecule has 0 aliphatic heterocycles. The summed E-state index contributed by atoms with van der Waals surface area (Å²) in [4.78, 5) is 16.8. The van der Waals surface area contributed by atoms with Gasteiger partial charge in [-0.1, -0.05) is 5.06 Å². The van der Waals surface area contributed by atoms with Crippen LogP contribution in [0.3, 0.4) is 0 Å². The quantitative estimate of drug-likeness (QED) is 0.429. The van der Waals surface area contributed by atoms with Crippen molar-refractivity contribution in [1.82, 2.24) is 30.7 Å². The maximum atomic E-state index is 8.46. The molecule has 0 amide bonds. The van der Waals surface area contributed by atoms with E-state index in [2.05, 4.69) is 15.0 Å². The van der Waals surface area contributed by atoms with Crippen LogP contribution in [0.4, 0.5) is 5.82 Å². The van der Waals surface area contributed by atoms with Gasteiger partial charge in [0.25, 0.3) is 0 Å². The van der Waals surface area contributed by atoms with E-state index in [1.165, 1.54) is 6.33 Å². The molecule has 0 spiro atoms. The number of nitriles is 2. The predicted molar refractivity (Wildman–Crippen MR) is 63.8 cm³/mol. The molecule has 98 valence electrons. The highest BCUT2D eigenvalue weighted by Crippen LogP contribution is 2.13. The van der Waals surface area contributed by atoms with Crippen LogP contribution in [0.2, 0.25) is 0 Å². The van der Waals surface area contributed by atoms with Crippen molar-refractivity contribution in [3.05, 3.63) is 12.7 Å². The van der Waals surface area contributed by atoms with Crippen molar-refractivity contribution in [2.45, 2.75) is 6.54 Å². The Labute approximate surface area is 108 Å². The third-order valence-corrected chi connectivity index (χ3v) is 2.16. The van der Waals surface area contributed by atoms with Gasteiger partial charge in [-0.15, -0.1) is 0 Å². The third kappa shape index (κ3) is 2.84. The lowest BCUT2D eigenvalue weighted by molar-refractivity contribution is -0.0689. The highest BCUT2D eigenvalue weighted by molar-refractivity contribution is 5.80. The van der Waals surface area contributed by atoms with E-state index in [1.807, 2.05) is 0 Å². The number of nitrogen functional groups attached to an aromatic ring is 1. The van der Waals surface area contributed by atoms with Gasteiger partial charge in [0, 0.05) is 0 Å². The number of anilines is 1. The molecule has 0 saturated carbocycles. The standard InChI is InChI=1S/C9H8N8O.H3N/c10-3-17(4-11)18-2-1-16-6-15-7-8(12)13-5-14-9(7)16;/h5-6H,1-2H2,(H2,12,13,14);1H3. The number of rotatable bonds is 4. The van der Waals surface area contributed by atoms with Crippen LogP contribution in [0.5, 0.6) is 0 Å². The van der Waals surface area contributed by atoms with E-state index in [1.54, 1.807) is 23.3 Å². The normalized spacial score (nSPS) is 9.37. The zero-order valence-electron chi connectivity index (χ0n) is 9.89. The largest absolute Gasteiger partial charge is 0.382 e. The molecule has 10 nitrogen and oxygen atoms in total. The van der Waals surface area contributed by atoms with Crippen molar-refractivity contribution in [1.29, 1.82) is 10.5 Å². The van der Waals surface area contributed by atoms with Crippen molar-refractivity contribution in [2.75, 3.05) is 12.3 Å². The number of hydroxylamine groups is 2. The summed E-state index contributed by atoms with van der Waals surface area (Å²) in [6.07, 6.45) is 6.00. The van der Waals surface area contributed by atoms with Crippen LogP contribution in [0.1, 0.15) is 0 Å². The average molecular weight is 261 g/mol. The molecule has 0 fully saturated rings. The number of nitrogens with zero attached hydrogens (tertiary/aromatic N) is 7. The van der Waals surface area contributed by atoms with E-state index in [0.29, 0.717) is 28.6 Å². The summed E-state index contributed by atoms with van der Waals surface area (Å²) < 4.78 is 1.69. The zero-order chi connectivity index (χ0) is 13.0. The second-order valence-corrected chi connectivity index (χ2v) is 3.20. The monoisotopic (exact) mass is 261 g/mol. The molecule has 2 aromatic heterocycles. The summed E-state index contributed by atoms with van der Waals surface area (Å²) in [5.74, 6) is 0.301. The Balaban J connectivity index is 0.00000180. The van der Waals surface area contributed by atoms with Gasteiger partial charge in [0.05, 0.1) is 19.5 Å². The fourth-order valence-electron chi connectivity index (χ4n) is 1.37. The third-order valence-electron chi connectivity index (χ3n) is 2.16. The van der Waals surface area contributed by atoms with Gasteiger partial charge in [-0.25, -0.2) is 19.8 Å². The smallest absolute Gasteiger partial charge is 0.221 e. The first-order valence-electron chi connectivity index (χ1n) is 4.90. The lowest BCUT2D eigenvalue weighted by Crippen LogP contribution is -2.15. The number of hydrogen-bond acceptors (Lipinski definition) is 9. The fourth-order valence-corrected chi connectivity index (χ4v) is 1.37. The van der Waals surface area contributed by atoms with Gasteiger partial charge in [0.15, 0.2) is 11.5 Å². The van der Waals surface area contributed by atoms with Gasteiger partial charge < -0.3 is 16.5 Å². The predicted octanol–water partition coefficient (Wildman–Crippen LogP) is -0.234. The molecule has 0 radical (unpaired) electrons. The van der Waals surface area contributed by atoms with Gasteiger partial charge in [-0.3, -0.25) is 0 Å². The minimum absolute atomic E-state index is 0. The van der Waals surface area contributed by atoms with Gasteiger partial charge in [0.1, 0.15) is 11.8 Å². The summed E-state index contributed by atoms with van der Waals surface area (Å²) in [7, 11) is 0. The van der Waals surface area contributed by atoms with Gasteiger partial charge in [0.2, 0.25) is 12.4 Å². The van der Waals surface area contributed by atoms with Crippen molar-refractivity contribution >= 4 is 17.0 Å². The Morgan fingerprint density at radius 3 is 2.74 bits per heavy atom. The summed E-state index contributed by atoms with van der Waals surface area (Å²) in [5, 5.41) is 17.4. The van der Waals surface area contributed by atoms with Gasteiger partial charge in [-0.05, 0) is 0 Å². The molecular weight excluding hydrogens is 250 g/mol. The number of aromatic nitrogens is 4. The first kappa shape index (κ1) is 14.1. The Hall–Kier alpha value is -2.95. The molecular formula is C9H11N9O. The molecule has 5 N–H and O–H groups in total. The van der Waals surface area contributed by atoms with E-state index in [9.17, 15) is 0 Å². The minimum atomic E-state index is 0. The second kappa shape index (κ2) is 6.11. The average Bonchev–Trinajstić information content (AvgIpc) is 2.80. The Morgan fingerprint density at radius 2 is 2.05 bits per heavy atom. The van der Waals surface area contributed by atoms with Crippen molar-refractivity contribution < 1.29 is 4.84 Å². The van der Waals surface area contributed by atoms with E-state index < -0.39 is 0 Å². The van der Waals surface area contributed by atoms with E-state index >= 15 is 0 Å². The summed E-state index contributed by atoms with van der Waals surface area (Å²) in [6, 6.07) is 0. The molecule has 19 heavy (non-hydrogen) atoms. The number of fused-ring (bicyclic) bond motifs is 1. The van der Waals surface area contributed by atoms with Crippen molar-refractivity contribution in [2.24, 2.45) is 0 Å². The lowest BCUT2D eigenvalue weighted by atomic mass is 10.5. The molecule has 0 unspecified atom stereocenters. The van der Waals surface area contributed by atoms with E-state index in [4.69, 9.17) is 21.1 Å².